The number of nitrogens with zero attached hydrogens (tertiary/aromatic N) is 2. The molecule has 0 aliphatic heterocycles. The molecule has 1 unspecified atom stereocenters. The summed E-state index contributed by atoms with van der Waals surface area (Å²) in [5, 5.41) is 7.28. The first-order chi connectivity index (χ1) is 12.1. The molecule has 0 spiro atoms. The molecule has 128 valence electrons. The summed E-state index contributed by atoms with van der Waals surface area (Å²) < 4.78 is 10.4. The molecule has 0 bridgehead atoms. The van der Waals surface area contributed by atoms with Gasteiger partial charge in [0.25, 0.3) is 5.91 Å². The summed E-state index contributed by atoms with van der Waals surface area (Å²) >= 11 is 6.14. The molecule has 0 radical (unpaired) electrons. The molecule has 3 aromatic rings. The Morgan fingerprint density at radius 3 is 2.80 bits per heavy atom. The van der Waals surface area contributed by atoms with Crippen molar-refractivity contribution in [1.29, 1.82) is 0 Å². The van der Waals surface area contributed by atoms with Gasteiger partial charge < -0.3 is 14.6 Å². The van der Waals surface area contributed by atoms with Gasteiger partial charge in [-0.25, -0.2) is 0 Å². The summed E-state index contributed by atoms with van der Waals surface area (Å²) in [4.78, 5) is 16.7. The van der Waals surface area contributed by atoms with Crippen molar-refractivity contribution in [2.75, 3.05) is 7.11 Å². The number of amides is 1. The highest BCUT2D eigenvalue weighted by molar-refractivity contribution is 6.33. The second kappa shape index (κ2) is 7.36. The third kappa shape index (κ3) is 3.80. The van der Waals surface area contributed by atoms with Gasteiger partial charge in [-0.2, -0.15) is 4.98 Å². The van der Waals surface area contributed by atoms with E-state index in [4.69, 9.17) is 20.9 Å². The minimum Gasteiger partial charge on any atom is -0.497 e. The number of ether oxygens (including phenoxy) is 1. The van der Waals surface area contributed by atoms with Crippen molar-refractivity contribution in [1.82, 2.24) is 15.5 Å². The maximum absolute atomic E-state index is 12.3. The molecule has 3 rings (SSSR count). The number of benzene rings is 2. The lowest BCUT2D eigenvalue weighted by Gasteiger charge is -2.10. The highest BCUT2D eigenvalue weighted by atomic mass is 35.5. The molecule has 1 atom stereocenters. The predicted molar refractivity (Wildman–Crippen MR) is 93.6 cm³/mol. The molecule has 2 aromatic carbocycles. The zero-order valence-corrected chi connectivity index (χ0v) is 14.4. The standard InChI is InChI=1S/C18H16ClN3O3/c1-11(20-17(23)12-6-5-7-13(10-12)24-2)18-21-16(22-25-18)14-8-3-4-9-15(14)19/h3-11H,1-2H3,(H,20,23). The first kappa shape index (κ1) is 17.0. The Balaban J connectivity index is 1.74. The fourth-order valence-corrected chi connectivity index (χ4v) is 2.49. The van der Waals surface area contributed by atoms with E-state index in [0.29, 0.717) is 33.6 Å². The van der Waals surface area contributed by atoms with E-state index in [1.807, 2.05) is 12.1 Å². The zero-order valence-electron chi connectivity index (χ0n) is 13.7. The third-order valence-electron chi connectivity index (χ3n) is 3.61. The van der Waals surface area contributed by atoms with Gasteiger partial charge in [0, 0.05) is 11.1 Å². The molecule has 0 saturated carbocycles. The van der Waals surface area contributed by atoms with E-state index >= 15 is 0 Å². The number of aromatic nitrogens is 2. The van der Waals surface area contributed by atoms with E-state index in [1.165, 1.54) is 0 Å². The minimum atomic E-state index is -0.456. The molecule has 1 N–H and O–H groups in total. The average molecular weight is 358 g/mol. The van der Waals surface area contributed by atoms with Crippen molar-refractivity contribution in [3.63, 3.8) is 0 Å². The highest BCUT2D eigenvalue weighted by Crippen LogP contribution is 2.26. The summed E-state index contributed by atoms with van der Waals surface area (Å²) in [5.74, 6) is 1.03. The van der Waals surface area contributed by atoms with E-state index in [-0.39, 0.29) is 5.91 Å². The SMILES string of the molecule is COc1cccc(C(=O)NC(C)c2nc(-c3ccccc3Cl)no2)c1. The maximum atomic E-state index is 12.3. The monoisotopic (exact) mass is 357 g/mol. The Kier molecular flexibility index (Phi) is 5.00. The van der Waals surface area contributed by atoms with Crippen LogP contribution in [0.25, 0.3) is 11.4 Å². The van der Waals surface area contributed by atoms with E-state index in [9.17, 15) is 4.79 Å². The van der Waals surface area contributed by atoms with Crippen LogP contribution in [0.5, 0.6) is 5.75 Å². The molecule has 7 heteroatoms. The maximum Gasteiger partial charge on any atom is 0.252 e. The summed E-state index contributed by atoms with van der Waals surface area (Å²) in [6, 6.07) is 13.6. The van der Waals surface area contributed by atoms with Gasteiger partial charge in [-0.15, -0.1) is 0 Å². The van der Waals surface area contributed by atoms with Gasteiger partial charge in [-0.3, -0.25) is 4.79 Å². The lowest BCUT2D eigenvalue weighted by Crippen LogP contribution is -2.26. The molecular formula is C18H16ClN3O3. The number of carbonyl (C=O) groups excluding carboxylic acids is 1. The number of hydrogen-bond acceptors (Lipinski definition) is 5. The van der Waals surface area contributed by atoms with E-state index in [2.05, 4.69) is 15.5 Å². The second-order valence-corrected chi connectivity index (χ2v) is 5.77. The van der Waals surface area contributed by atoms with Crippen LogP contribution >= 0.6 is 11.6 Å². The van der Waals surface area contributed by atoms with Gasteiger partial charge in [-0.05, 0) is 37.3 Å². The van der Waals surface area contributed by atoms with Crippen LogP contribution in [0.1, 0.15) is 29.2 Å². The molecule has 0 aliphatic rings. The normalized spacial score (nSPS) is 11.8. The van der Waals surface area contributed by atoms with E-state index < -0.39 is 6.04 Å². The summed E-state index contributed by atoms with van der Waals surface area (Å²) in [6.45, 7) is 1.77. The van der Waals surface area contributed by atoms with Crippen LogP contribution in [-0.4, -0.2) is 23.2 Å². The topological polar surface area (TPSA) is 77.2 Å². The predicted octanol–water partition coefficient (Wildman–Crippen LogP) is 3.89. The number of halogens is 1. The quantitative estimate of drug-likeness (QED) is 0.749. The van der Waals surface area contributed by atoms with Crippen molar-refractivity contribution in [3.05, 3.63) is 65.0 Å². The Labute approximate surface area is 149 Å². The van der Waals surface area contributed by atoms with E-state index in [0.717, 1.165) is 0 Å². The molecule has 0 fully saturated rings. The first-order valence-electron chi connectivity index (χ1n) is 7.62. The van der Waals surface area contributed by atoms with Crippen LogP contribution in [0.2, 0.25) is 5.02 Å². The summed E-state index contributed by atoms with van der Waals surface area (Å²) in [6.07, 6.45) is 0. The van der Waals surface area contributed by atoms with Crippen LogP contribution in [0.4, 0.5) is 0 Å². The fraction of sp³-hybridized carbons (Fsp3) is 0.167. The summed E-state index contributed by atoms with van der Waals surface area (Å²) in [7, 11) is 1.55. The fourth-order valence-electron chi connectivity index (χ4n) is 2.27. The first-order valence-corrected chi connectivity index (χ1v) is 7.99. The van der Waals surface area contributed by atoms with Crippen molar-refractivity contribution in [3.8, 4) is 17.1 Å². The second-order valence-electron chi connectivity index (χ2n) is 5.36. The number of methoxy groups -OCH3 is 1. The molecule has 0 aliphatic carbocycles. The van der Waals surface area contributed by atoms with Gasteiger partial charge in [0.2, 0.25) is 11.7 Å². The third-order valence-corrected chi connectivity index (χ3v) is 3.94. The Hall–Kier alpha value is -2.86. The Morgan fingerprint density at radius 1 is 1.24 bits per heavy atom. The van der Waals surface area contributed by atoms with Crippen LogP contribution in [0.3, 0.4) is 0 Å². The van der Waals surface area contributed by atoms with Crippen LogP contribution in [0, 0.1) is 0 Å². The molecule has 6 nitrogen and oxygen atoms in total. The van der Waals surface area contributed by atoms with E-state index in [1.54, 1.807) is 50.4 Å². The molecule has 1 amide bonds. The number of rotatable bonds is 5. The molecule has 1 heterocycles. The molecule has 25 heavy (non-hydrogen) atoms. The smallest absolute Gasteiger partial charge is 0.252 e. The van der Waals surface area contributed by atoms with Gasteiger partial charge in [0.15, 0.2) is 0 Å². The van der Waals surface area contributed by atoms with Gasteiger partial charge in [-0.1, -0.05) is 35.0 Å². The lowest BCUT2D eigenvalue weighted by atomic mass is 10.2. The summed E-state index contributed by atoms with van der Waals surface area (Å²) in [5.41, 5.74) is 1.16. The Morgan fingerprint density at radius 2 is 2.04 bits per heavy atom. The highest BCUT2D eigenvalue weighted by Gasteiger charge is 2.19. The van der Waals surface area contributed by atoms with Crippen LogP contribution < -0.4 is 10.1 Å². The van der Waals surface area contributed by atoms with Crippen LogP contribution in [0.15, 0.2) is 53.1 Å². The molecular weight excluding hydrogens is 342 g/mol. The van der Waals surface area contributed by atoms with Crippen LogP contribution in [-0.2, 0) is 0 Å². The lowest BCUT2D eigenvalue weighted by molar-refractivity contribution is 0.0932. The zero-order chi connectivity index (χ0) is 17.8. The van der Waals surface area contributed by atoms with Crippen molar-refractivity contribution < 1.29 is 14.1 Å². The Bertz CT molecular complexity index is 895. The van der Waals surface area contributed by atoms with Crippen molar-refractivity contribution in [2.24, 2.45) is 0 Å². The van der Waals surface area contributed by atoms with Crippen molar-refractivity contribution in [2.45, 2.75) is 13.0 Å². The molecule has 1 aromatic heterocycles. The van der Waals surface area contributed by atoms with Gasteiger partial charge in [0.1, 0.15) is 11.8 Å². The molecule has 0 saturated heterocycles. The number of hydrogen-bond donors (Lipinski definition) is 1. The number of nitrogens with one attached hydrogen (secondary N) is 1. The average Bonchev–Trinajstić information content (AvgIpc) is 3.12. The van der Waals surface area contributed by atoms with Crippen molar-refractivity contribution >= 4 is 17.5 Å². The number of carbonyl (C=O) groups is 1. The van der Waals surface area contributed by atoms with Gasteiger partial charge in [0.05, 0.1) is 12.1 Å². The van der Waals surface area contributed by atoms with Gasteiger partial charge >= 0.3 is 0 Å². The largest absolute Gasteiger partial charge is 0.497 e. The minimum absolute atomic E-state index is 0.260.